The number of sulfonamides is 1. The van der Waals surface area contributed by atoms with E-state index in [1.807, 2.05) is 23.6 Å². The number of pyridine rings is 1. The Morgan fingerprint density at radius 2 is 1.97 bits per heavy atom. The zero-order chi connectivity index (χ0) is 21.1. The molecule has 2 aromatic heterocycles. The van der Waals surface area contributed by atoms with Gasteiger partial charge in [-0.05, 0) is 49.2 Å². The first-order valence-electron chi connectivity index (χ1n) is 9.37. The lowest BCUT2D eigenvalue weighted by molar-refractivity contribution is -0.120. The molecule has 10 heteroatoms. The van der Waals surface area contributed by atoms with E-state index < -0.39 is 15.9 Å². The molecule has 0 bridgehead atoms. The number of nitrogens with one attached hydrogen (secondary N) is 1. The number of nitrogens with zero attached hydrogens (tertiary/aromatic N) is 3. The van der Waals surface area contributed by atoms with Gasteiger partial charge in [-0.2, -0.15) is 4.31 Å². The molecule has 1 aliphatic rings. The van der Waals surface area contributed by atoms with Crippen LogP contribution in [0.2, 0.25) is 5.02 Å². The van der Waals surface area contributed by atoms with Crippen molar-refractivity contribution in [1.29, 1.82) is 0 Å². The van der Waals surface area contributed by atoms with E-state index in [9.17, 15) is 13.2 Å². The van der Waals surface area contributed by atoms with Crippen LogP contribution >= 0.6 is 22.9 Å². The predicted molar refractivity (Wildman–Crippen MR) is 117 cm³/mol. The maximum Gasteiger partial charge on any atom is 0.243 e. The fraction of sp³-hybridized carbons (Fsp3) is 0.250. The molecular weight excluding hydrogens is 444 g/mol. The molecule has 1 N–H and O–H groups in total. The molecule has 30 heavy (non-hydrogen) atoms. The summed E-state index contributed by atoms with van der Waals surface area (Å²) in [5, 5.41) is 5.59. The first-order chi connectivity index (χ1) is 14.4. The van der Waals surface area contributed by atoms with Crippen molar-refractivity contribution in [1.82, 2.24) is 14.3 Å². The Labute approximate surface area is 183 Å². The first-order valence-corrected chi connectivity index (χ1v) is 12.1. The van der Waals surface area contributed by atoms with Gasteiger partial charge in [0.1, 0.15) is 5.69 Å². The Bertz CT molecular complexity index is 1130. The largest absolute Gasteiger partial charge is 0.302 e. The average Bonchev–Trinajstić information content (AvgIpc) is 3.23. The van der Waals surface area contributed by atoms with Crippen molar-refractivity contribution in [3.05, 3.63) is 59.1 Å². The zero-order valence-corrected chi connectivity index (χ0v) is 18.3. The maximum absolute atomic E-state index is 12.9. The molecule has 1 aromatic carbocycles. The van der Waals surface area contributed by atoms with Gasteiger partial charge in [-0.15, -0.1) is 11.3 Å². The summed E-state index contributed by atoms with van der Waals surface area (Å²) in [5.41, 5.74) is 1.42. The summed E-state index contributed by atoms with van der Waals surface area (Å²) < 4.78 is 27.2. The molecule has 4 rings (SSSR count). The molecule has 1 atom stereocenters. The summed E-state index contributed by atoms with van der Waals surface area (Å²) >= 11 is 7.17. The van der Waals surface area contributed by atoms with Crippen molar-refractivity contribution in [2.24, 2.45) is 5.92 Å². The fourth-order valence-electron chi connectivity index (χ4n) is 3.30. The van der Waals surface area contributed by atoms with Gasteiger partial charge < -0.3 is 5.32 Å². The third-order valence-electron chi connectivity index (χ3n) is 4.87. The second-order valence-electron chi connectivity index (χ2n) is 6.90. The van der Waals surface area contributed by atoms with Crippen LogP contribution in [0.1, 0.15) is 12.8 Å². The molecule has 0 aliphatic carbocycles. The minimum atomic E-state index is -3.68. The third kappa shape index (κ3) is 4.54. The van der Waals surface area contributed by atoms with Crippen LogP contribution in [-0.2, 0) is 14.8 Å². The van der Waals surface area contributed by atoms with Gasteiger partial charge in [0.05, 0.1) is 16.5 Å². The number of halogens is 1. The lowest BCUT2D eigenvalue weighted by atomic mass is 9.99. The van der Waals surface area contributed by atoms with Gasteiger partial charge in [0.15, 0.2) is 5.13 Å². The van der Waals surface area contributed by atoms with E-state index in [2.05, 4.69) is 15.3 Å². The number of carbonyl (C=O) groups excluding carboxylic acids is 1. The minimum Gasteiger partial charge on any atom is -0.302 e. The zero-order valence-electron chi connectivity index (χ0n) is 15.9. The van der Waals surface area contributed by atoms with E-state index in [4.69, 9.17) is 11.6 Å². The van der Waals surface area contributed by atoms with Gasteiger partial charge in [0.2, 0.25) is 15.9 Å². The number of benzene rings is 1. The summed E-state index contributed by atoms with van der Waals surface area (Å²) in [5.74, 6) is -0.670. The highest BCUT2D eigenvalue weighted by molar-refractivity contribution is 7.89. The molecule has 1 amide bonds. The number of hydrogen-bond acceptors (Lipinski definition) is 6. The summed E-state index contributed by atoms with van der Waals surface area (Å²) in [6.45, 7) is 0.519. The highest BCUT2D eigenvalue weighted by Gasteiger charge is 2.33. The van der Waals surface area contributed by atoms with Crippen LogP contribution < -0.4 is 5.32 Å². The van der Waals surface area contributed by atoms with Crippen molar-refractivity contribution >= 4 is 44.0 Å². The van der Waals surface area contributed by atoms with Gasteiger partial charge in [-0.1, -0.05) is 17.7 Å². The number of thiazole rings is 1. The quantitative estimate of drug-likeness (QED) is 0.620. The maximum atomic E-state index is 12.9. The molecule has 3 aromatic rings. The Morgan fingerprint density at radius 1 is 1.17 bits per heavy atom. The molecule has 1 fully saturated rings. The van der Waals surface area contributed by atoms with Crippen LogP contribution in [0.25, 0.3) is 11.4 Å². The van der Waals surface area contributed by atoms with Crippen LogP contribution in [-0.4, -0.2) is 41.7 Å². The highest BCUT2D eigenvalue weighted by Crippen LogP contribution is 2.27. The van der Waals surface area contributed by atoms with Gasteiger partial charge in [0, 0.05) is 29.7 Å². The number of amides is 1. The van der Waals surface area contributed by atoms with Crippen LogP contribution in [0.4, 0.5) is 5.13 Å². The number of hydrogen-bond donors (Lipinski definition) is 1. The van der Waals surface area contributed by atoms with Crippen LogP contribution in [0.5, 0.6) is 0 Å². The normalized spacial score (nSPS) is 17.6. The Kier molecular flexibility index (Phi) is 6.14. The summed E-state index contributed by atoms with van der Waals surface area (Å²) in [4.78, 5) is 21.6. The van der Waals surface area contributed by atoms with Crippen LogP contribution in [0.15, 0.2) is 58.9 Å². The molecule has 0 spiro atoms. The average molecular weight is 463 g/mol. The summed E-state index contributed by atoms with van der Waals surface area (Å²) in [7, 11) is -3.68. The third-order valence-corrected chi connectivity index (χ3v) is 7.76. The molecular formula is C20H19ClN4O3S2. The number of anilines is 1. The number of aromatic nitrogens is 2. The number of piperidine rings is 1. The lowest BCUT2D eigenvalue weighted by Gasteiger charge is -2.31. The van der Waals surface area contributed by atoms with Crippen molar-refractivity contribution in [2.75, 3.05) is 18.4 Å². The van der Waals surface area contributed by atoms with Crippen LogP contribution in [0.3, 0.4) is 0 Å². The molecule has 7 nitrogen and oxygen atoms in total. The van der Waals surface area contributed by atoms with Crippen LogP contribution in [0, 0.1) is 5.92 Å². The Morgan fingerprint density at radius 3 is 2.70 bits per heavy atom. The first kappa shape index (κ1) is 20.9. The molecule has 1 aliphatic heterocycles. The topological polar surface area (TPSA) is 92.3 Å². The summed E-state index contributed by atoms with van der Waals surface area (Å²) in [6.07, 6.45) is 2.92. The molecule has 0 radical (unpaired) electrons. The van der Waals surface area contributed by atoms with Crippen molar-refractivity contribution < 1.29 is 13.2 Å². The van der Waals surface area contributed by atoms with Gasteiger partial charge in [0.25, 0.3) is 0 Å². The van der Waals surface area contributed by atoms with Crippen molar-refractivity contribution in [3.63, 3.8) is 0 Å². The van der Waals surface area contributed by atoms with E-state index in [-0.39, 0.29) is 17.3 Å². The van der Waals surface area contributed by atoms with Crippen molar-refractivity contribution in [2.45, 2.75) is 17.7 Å². The van der Waals surface area contributed by atoms with E-state index >= 15 is 0 Å². The monoisotopic (exact) mass is 462 g/mol. The van der Waals surface area contributed by atoms with E-state index in [1.165, 1.54) is 27.8 Å². The SMILES string of the molecule is O=C(Nc1nc(-c2ccccn2)cs1)C1CCCN(S(=O)(=O)c2ccc(Cl)cc2)C1. The van der Waals surface area contributed by atoms with Gasteiger partial charge >= 0.3 is 0 Å². The van der Waals surface area contributed by atoms with E-state index in [1.54, 1.807) is 18.3 Å². The standard InChI is InChI=1S/C20H19ClN4O3S2/c21-15-6-8-16(9-7-15)30(27,28)25-11-3-4-14(12-25)19(26)24-20-23-18(13-29-20)17-5-1-2-10-22-17/h1-2,5-10,13-14H,3-4,11-12H2,(H,23,24,26). The number of carbonyl (C=O) groups is 1. The van der Waals surface area contributed by atoms with E-state index in [0.29, 0.717) is 35.2 Å². The minimum absolute atomic E-state index is 0.134. The Hall–Kier alpha value is -2.33. The molecule has 3 heterocycles. The molecule has 156 valence electrons. The van der Waals surface area contributed by atoms with E-state index in [0.717, 1.165) is 5.69 Å². The summed E-state index contributed by atoms with van der Waals surface area (Å²) in [6, 6.07) is 11.6. The number of rotatable bonds is 5. The second kappa shape index (κ2) is 8.81. The van der Waals surface area contributed by atoms with Gasteiger partial charge in [-0.25, -0.2) is 13.4 Å². The molecule has 1 saturated heterocycles. The van der Waals surface area contributed by atoms with Gasteiger partial charge in [-0.3, -0.25) is 9.78 Å². The Balaban J connectivity index is 1.44. The predicted octanol–water partition coefficient (Wildman–Crippen LogP) is 3.90. The van der Waals surface area contributed by atoms with Crippen molar-refractivity contribution in [3.8, 4) is 11.4 Å². The second-order valence-corrected chi connectivity index (χ2v) is 10.1. The smallest absolute Gasteiger partial charge is 0.243 e. The molecule has 0 saturated carbocycles. The molecule has 1 unspecified atom stereocenters. The lowest BCUT2D eigenvalue weighted by Crippen LogP contribution is -2.43. The highest BCUT2D eigenvalue weighted by atomic mass is 35.5. The fourth-order valence-corrected chi connectivity index (χ4v) is 5.66.